The third-order valence-electron chi connectivity index (χ3n) is 3.09. The Labute approximate surface area is 146 Å². The third-order valence-corrected chi connectivity index (χ3v) is 3.58. The van der Waals surface area contributed by atoms with Crippen molar-refractivity contribution in [3.05, 3.63) is 63.9 Å². The monoisotopic (exact) mass is 390 g/mol. The number of rotatable bonds is 4. The van der Waals surface area contributed by atoms with E-state index in [4.69, 9.17) is 10.00 Å². The van der Waals surface area contributed by atoms with Crippen LogP contribution in [0.4, 0.5) is 10.1 Å². The molecule has 2 aromatic rings. The summed E-state index contributed by atoms with van der Waals surface area (Å²) in [5.41, 5.74) is 0.607. The fourth-order valence-corrected chi connectivity index (χ4v) is 2.12. The number of amides is 1. The van der Waals surface area contributed by atoms with Crippen LogP contribution < -0.4 is 5.32 Å². The average molecular weight is 391 g/mol. The van der Waals surface area contributed by atoms with E-state index >= 15 is 0 Å². The molecule has 122 valence electrons. The maximum absolute atomic E-state index is 13.7. The van der Waals surface area contributed by atoms with E-state index in [0.717, 1.165) is 0 Å². The lowest BCUT2D eigenvalue weighted by Crippen LogP contribution is -2.30. The van der Waals surface area contributed by atoms with Crippen LogP contribution in [0.5, 0.6) is 0 Å². The van der Waals surface area contributed by atoms with Crippen LogP contribution in [0.15, 0.2) is 46.9 Å². The molecule has 5 nitrogen and oxygen atoms in total. The summed E-state index contributed by atoms with van der Waals surface area (Å²) in [6.45, 7) is 1.38. The van der Waals surface area contributed by atoms with Crippen LogP contribution in [0.1, 0.15) is 22.8 Å². The van der Waals surface area contributed by atoms with Crippen LogP contribution in [-0.2, 0) is 9.53 Å². The number of nitrogens with one attached hydrogen (secondary N) is 1. The molecule has 2 aromatic carbocycles. The number of hydrogen-bond donors (Lipinski definition) is 1. The topological polar surface area (TPSA) is 79.2 Å². The fraction of sp³-hybridized carbons (Fsp3) is 0.118. The minimum Gasteiger partial charge on any atom is -0.449 e. The Morgan fingerprint density at radius 3 is 2.50 bits per heavy atom. The van der Waals surface area contributed by atoms with Crippen molar-refractivity contribution in [2.24, 2.45) is 0 Å². The van der Waals surface area contributed by atoms with Gasteiger partial charge < -0.3 is 10.1 Å². The lowest BCUT2D eigenvalue weighted by Gasteiger charge is -2.14. The van der Waals surface area contributed by atoms with Crippen molar-refractivity contribution in [1.29, 1.82) is 5.26 Å². The molecule has 0 spiro atoms. The highest BCUT2D eigenvalue weighted by molar-refractivity contribution is 9.10. The Kier molecular flexibility index (Phi) is 5.66. The summed E-state index contributed by atoms with van der Waals surface area (Å²) in [7, 11) is 0. The van der Waals surface area contributed by atoms with Crippen LogP contribution in [0.3, 0.4) is 0 Å². The highest BCUT2D eigenvalue weighted by Crippen LogP contribution is 2.19. The molecule has 0 aromatic heterocycles. The first-order valence-corrected chi connectivity index (χ1v) is 7.67. The zero-order valence-corrected chi connectivity index (χ0v) is 14.1. The molecule has 1 amide bonds. The van der Waals surface area contributed by atoms with Gasteiger partial charge in [0, 0.05) is 4.47 Å². The van der Waals surface area contributed by atoms with E-state index in [2.05, 4.69) is 21.2 Å². The number of carbonyl (C=O) groups is 2. The van der Waals surface area contributed by atoms with Crippen molar-refractivity contribution in [1.82, 2.24) is 0 Å². The van der Waals surface area contributed by atoms with Gasteiger partial charge in [-0.2, -0.15) is 5.26 Å². The maximum Gasteiger partial charge on any atom is 0.338 e. The van der Waals surface area contributed by atoms with Crippen LogP contribution in [0.25, 0.3) is 0 Å². The second kappa shape index (κ2) is 7.70. The van der Waals surface area contributed by atoms with Gasteiger partial charge in [-0.05, 0) is 49.4 Å². The molecule has 0 fully saturated rings. The standard InChI is InChI=1S/C17H12BrFN2O3/c1-10(16(22)21-15-7-6-13(18)8-14(15)19)24-17(23)12-4-2-11(9-20)3-5-12/h2-8,10H,1H3,(H,21,22). The van der Waals surface area contributed by atoms with Gasteiger partial charge in [-0.1, -0.05) is 15.9 Å². The molecule has 0 heterocycles. The molecule has 0 aliphatic carbocycles. The summed E-state index contributed by atoms with van der Waals surface area (Å²) < 4.78 is 19.3. The molecule has 0 radical (unpaired) electrons. The number of ether oxygens (including phenoxy) is 1. The maximum atomic E-state index is 13.7. The largest absolute Gasteiger partial charge is 0.449 e. The van der Waals surface area contributed by atoms with Gasteiger partial charge in [-0.15, -0.1) is 0 Å². The first kappa shape index (κ1) is 17.6. The van der Waals surface area contributed by atoms with E-state index in [1.165, 1.54) is 43.3 Å². The van der Waals surface area contributed by atoms with Crippen molar-refractivity contribution < 1.29 is 18.7 Å². The minimum atomic E-state index is -1.11. The van der Waals surface area contributed by atoms with Crippen LogP contribution in [-0.4, -0.2) is 18.0 Å². The highest BCUT2D eigenvalue weighted by atomic mass is 79.9. The Bertz CT molecular complexity index is 816. The normalized spacial score (nSPS) is 11.2. The molecule has 0 bridgehead atoms. The summed E-state index contributed by atoms with van der Waals surface area (Å²) in [4.78, 5) is 24.0. The first-order chi connectivity index (χ1) is 11.4. The smallest absolute Gasteiger partial charge is 0.338 e. The van der Waals surface area contributed by atoms with E-state index in [-0.39, 0.29) is 11.3 Å². The number of carbonyl (C=O) groups excluding carboxylic acids is 2. The lowest BCUT2D eigenvalue weighted by atomic mass is 10.1. The Balaban J connectivity index is 2.00. The molecule has 7 heteroatoms. The fourth-order valence-electron chi connectivity index (χ4n) is 1.79. The molecular formula is C17H12BrFN2O3. The van der Waals surface area contributed by atoms with Crippen molar-refractivity contribution in [3.8, 4) is 6.07 Å². The van der Waals surface area contributed by atoms with Crippen LogP contribution >= 0.6 is 15.9 Å². The van der Waals surface area contributed by atoms with Crippen LogP contribution in [0.2, 0.25) is 0 Å². The summed E-state index contributed by atoms with van der Waals surface area (Å²) in [5.74, 6) is -1.97. The molecule has 1 unspecified atom stereocenters. The van der Waals surface area contributed by atoms with Gasteiger partial charge in [0.25, 0.3) is 5.91 Å². The number of esters is 1. The van der Waals surface area contributed by atoms with E-state index in [9.17, 15) is 14.0 Å². The molecule has 0 saturated heterocycles. The summed E-state index contributed by atoms with van der Waals surface area (Å²) >= 11 is 3.12. The summed E-state index contributed by atoms with van der Waals surface area (Å²) in [5, 5.41) is 11.1. The van der Waals surface area contributed by atoms with E-state index in [1.54, 1.807) is 6.07 Å². The third kappa shape index (κ3) is 4.40. The highest BCUT2D eigenvalue weighted by Gasteiger charge is 2.20. The molecule has 2 rings (SSSR count). The molecule has 1 atom stereocenters. The van der Waals surface area contributed by atoms with Gasteiger partial charge in [0.2, 0.25) is 0 Å². The zero-order chi connectivity index (χ0) is 17.7. The van der Waals surface area contributed by atoms with E-state index < -0.39 is 23.8 Å². The first-order valence-electron chi connectivity index (χ1n) is 6.88. The SMILES string of the molecule is CC(OC(=O)c1ccc(C#N)cc1)C(=O)Nc1ccc(Br)cc1F. The number of nitriles is 1. The number of nitrogens with zero attached hydrogens (tertiary/aromatic N) is 1. The van der Waals surface area contributed by atoms with Gasteiger partial charge in [0.15, 0.2) is 6.10 Å². The lowest BCUT2D eigenvalue weighted by molar-refractivity contribution is -0.123. The Hall–Kier alpha value is -2.72. The van der Waals surface area contributed by atoms with Crippen molar-refractivity contribution in [3.63, 3.8) is 0 Å². The summed E-state index contributed by atoms with van der Waals surface area (Å²) in [6.07, 6.45) is -1.11. The minimum absolute atomic E-state index is 0.00975. The molecule has 24 heavy (non-hydrogen) atoms. The van der Waals surface area contributed by atoms with Gasteiger partial charge in [0.1, 0.15) is 5.82 Å². The second-order valence-corrected chi connectivity index (χ2v) is 5.77. The molecule has 0 aliphatic rings. The number of hydrogen-bond acceptors (Lipinski definition) is 4. The van der Waals surface area contributed by atoms with Gasteiger partial charge >= 0.3 is 5.97 Å². The van der Waals surface area contributed by atoms with Crippen molar-refractivity contribution >= 4 is 33.5 Å². The Morgan fingerprint density at radius 2 is 1.92 bits per heavy atom. The predicted octanol–water partition coefficient (Wildman–Crippen LogP) is 3.64. The van der Waals surface area contributed by atoms with Gasteiger partial charge in [-0.3, -0.25) is 4.79 Å². The second-order valence-electron chi connectivity index (χ2n) is 4.85. The zero-order valence-electron chi connectivity index (χ0n) is 12.5. The number of benzene rings is 2. The summed E-state index contributed by atoms with van der Waals surface area (Å²) in [6, 6.07) is 11.9. The number of halogens is 2. The average Bonchev–Trinajstić information content (AvgIpc) is 2.57. The quantitative estimate of drug-likeness (QED) is 0.808. The van der Waals surface area contributed by atoms with Crippen LogP contribution in [0, 0.1) is 17.1 Å². The molecule has 1 N–H and O–H groups in total. The number of anilines is 1. The van der Waals surface area contributed by atoms with Crippen molar-refractivity contribution in [2.45, 2.75) is 13.0 Å². The Morgan fingerprint density at radius 1 is 1.25 bits per heavy atom. The molecule has 0 saturated carbocycles. The van der Waals surface area contributed by atoms with E-state index in [1.807, 2.05) is 6.07 Å². The predicted molar refractivity (Wildman–Crippen MR) is 88.8 cm³/mol. The molecule has 0 aliphatic heterocycles. The van der Waals surface area contributed by atoms with E-state index in [0.29, 0.717) is 10.0 Å². The van der Waals surface area contributed by atoms with Gasteiger partial charge in [-0.25, -0.2) is 9.18 Å². The molecular weight excluding hydrogens is 379 g/mol. The van der Waals surface area contributed by atoms with Crippen molar-refractivity contribution in [2.75, 3.05) is 5.32 Å². The van der Waals surface area contributed by atoms with Gasteiger partial charge in [0.05, 0.1) is 22.9 Å².